The highest BCUT2D eigenvalue weighted by molar-refractivity contribution is 7.22. The molecule has 1 fully saturated rings. The van der Waals surface area contributed by atoms with E-state index in [1.165, 1.54) is 33.9 Å². The summed E-state index contributed by atoms with van der Waals surface area (Å²) in [7, 11) is 0. The third-order valence-corrected chi connectivity index (χ3v) is 6.13. The van der Waals surface area contributed by atoms with Gasteiger partial charge in [-0.3, -0.25) is 20.2 Å². The molecule has 4 rings (SSSR count). The number of anilines is 1. The molecule has 9 heteroatoms. The Bertz CT molecular complexity index is 1020. The van der Waals surface area contributed by atoms with Crippen molar-refractivity contribution in [1.82, 2.24) is 4.98 Å². The van der Waals surface area contributed by atoms with Gasteiger partial charge in [-0.2, -0.15) is 0 Å². The average molecular weight is 414 g/mol. The largest absolute Gasteiger partial charge is 0.322 e. The molecule has 1 aliphatic heterocycles. The van der Waals surface area contributed by atoms with Crippen molar-refractivity contribution >= 4 is 38.3 Å². The first-order chi connectivity index (χ1) is 14.1. The molecule has 1 aliphatic rings. The van der Waals surface area contributed by atoms with Crippen molar-refractivity contribution in [2.75, 3.05) is 38.0 Å². The fourth-order valence-electron chi connectivity index (χ4n) is 3.67. The molecule has 0 atom stereocenters. The molecule has 150 valence electrons. The lowest BCUT2D eigenvalue weighted by molar-refractivity contribution is -1.02. The Kier molecular flexibility index (Phi) is 5.79. The molecule has 0 unspecified atom stereocenters. The van der Waals surface area contributed by atoms with Gasteiger partial charge in [0.25, 0.3) is 11.6 Å². The highest BCUT2D eigenvalue weighted by Crippen LogP contribution is 2.28. The average Bonchev–Trinajstić information content (AvgIpc) is 3.11. The molecule has 3 N–H and O–H groups in total. The van der Waals surface area contributed by atoms with Crippen LogP contribution in [-0.4, -0.2) is 48.5 Å². The van der Waals surface area contributed by atoms with Gasteiger partial charge in [0.05, 0.1) is 15.1 Å². The van der Waals surface area contributed by atoms with Gasteiger partial charge in [-0.05, 0) is 6.07 Å². The lowest BCUT2D eigenvalue weighted by Crippen LogP contribution is -3.28. The Morgan fingerprint density at radius 3 is 2.55 bits per heavy atom. The number of aromatic nitrogens is 1. The molecule has 0 aliphatic carbocycles. The standard InChI is InChI=1S/C20H21N5O3S/c26-19(22-20-21-17-7-6-16(25(27)28)12-18(17)29-20)14-24-10-8-23(9-11-24)13-15-4-2-1-3-5-15/h1-7,12H,8-11,13-14H2,(H,21,22,26)/p+2. The second-order valence-electron chi connectivity index (χ2n) is 7.32. The number of benzene rings is 2. The number of nitrogens with zero attached hydrogens (tertiary/aromatic N) is 2. The molecule has 29 heavy (non-hydrogen) atoms. The van der Waals surface area contributed by atoms with Gasteiger partial charge in [0, 0.05) is 17.7 Å². The lowest BCUT2D eigenvalue weighted by atomic mass is 10.2. The SMILES string of the molecule is O=C(C[NH+]1CC[NH+](Cc2ccccc2)CC1)Nc1nc2ccc([N+](=O)[O-])cc2s1. The first-order valence-corrected chi connectivity index (χ1v) is 10.4. The van der Waals surface area contributed by atoms with Crippen LogP contribution in [0.25, 0.3) is 10.2 Å². The summed E-state index contributed by atoms with van der Waals surface area (Å²) in [6, 6.07) is 15.0. The Balaban J connectivity index is 1.28. The van der Waals surface area contributed by atoms with Gasteiger partial charge in [0.15, 0.2) is 11.7 Å². The van der Waals surface area contributed by atoms with E-state index in [1.807, 2.05) is 6.07 Å². The summed E-state index contributed by atoms with van der Waals surface area (Å²) in [5, 5.41) is 14.2. The van der Waals surface area contributed by atoms with Crippen LogP contribution in [0.3, 0.4) is 0 Å². The van der Waals surface area contributed by atoms with Crippen LogP contribution in [0.2, 0.25) is 0 Å². The van der Waals surface area contributed by atoms with Gasteiger partial charge in [0.2, 0.25) is 0 Å². The first-order valence-electron chi connectivity index (χ1n) is 9.63. The molecule has 8 nitrogen and oxygen atoms in total. The number of fused-ring (bicyclic) bond motifs is 1. The van der Waals surface area contributed by atoms with Crippen LogP contribution in [-0.2, 0) is 11.3 Å². The van der Waals surface area contributed by atoms with E-state index in [9.17, 15) is 14.9 Å². The van der Waals surface area contributed by atoms with E-state index < -0.39 is 4.92 Å². The van der Waals surface area contributed by atoms with Crippen molar-refractivity contribution in [2.24, 2.45) is 0 Å². The maximum absolute atomic E-state index is 12.4. The molecule has 0 bridgehead atoms. The third-order valence-electron chi connectivity index (χ3n) is 5.20. The number of non-ortho nitro benzene ring substituents is 1. The summed E-state index contributed by atoms with van der Waals surface area (Å²) in [6.45, 7) is 5.45. The van der Waals surface area contributed by atoms with Crippen LogP contribution >= 0.6 is 11.3 Å². The minimum absolute atomic E-state index is 0.0272. The summed E-state index contributed by atoms with van der Waals surface area (Å²) >= 11 is 1.26. The zero-order chi connectivity index (χ0) is 20.2. The van der Waals surface area contributed by atoms with Gasteiger partial charge in [-0.25, -0.2) is 4.98 Å². The number of piperazine rings is 1. The van der Waals surface area contributed by atoms with Crippen LogP contribution in [0, 0.1) is 10.1 Å². The van der Waals surface area contributed by atoms with Crippen LogP contribution in [0.15, 0.2) is 48.5 Å². The van der Waals surface area contributed by atoms with Crippen molar-refractivity contribution in [2.45, 2.75) is 6.54 Å². The predicted octanol–water partition coefficient (Wildman–Crippen LogP) is 0.127. The molecule has 3 aromatic rings. The third kappa shape index (κ3) is 4.94. The summed E-state index contributed by atoms with van der Waals surface area (Å²) < 4.78 is 0.694. The number of amides is 1. The first kappa shape index (κ1) is 19.4. The van der Waals surface area contributed by atoms with Gasteiger partial charge in [-0.15, -0.1) is 0 Å². The lowest BCUT2D eigenvalue weighted by Gasteiger charge is -2.29. The van der Waals surface area contributed by atoms with Gasteiger partial charge < -0.3 is 9.80 Å². The Morgan fingerprint density at radius 2 is 1.83 bits per heavy atom. The summed E-state index contributed by atoms with van der Waals surface area (Å²) in [6.07, 6.45) is 0. The summed E-state index contributed by atoms with van der Waals surface area (Å²) in [4.78, 5) is 30.1. The van der Waals surface area contributed by atoms with Crippen molar-refractivity contribution in [3.05, 3.63) is 64.2 Å². The number of nitrogens with one attached hydrogen (secondary N) is 3. The number of nitro groups is 1. The maximum atomic E-state index is 12.4. The molecule has 0 saturated carbocycles. The molecular formula is C20H23N5O3S+2. The van der Waals surface area contributed by atoms with Crippen LogP contribution < -0.4 is 15.1 Å². The van der Waals surface area contributed by atoms with E-state index in [4.69, 9.17) is 0 Å². The van der Waals surface area contributed by atoms with E-state index in [2.05, 4.69) is 34.6 Å². The summed E-state index contributed by atoms with van der Waals surface area (Å²) in [5.41, 5.74) is 2.03. The Hall–Kier alpha value is -2.88. The highest BCUT2D eigenvalue weighted by Gasteiger charge is 2.25. The second-order valence-corrected chi connectivity index (χ2v) is 8.35. The Labute approximate surface area is 171 Å². The molecular weight excluding hydrogens is 390 g/mol. The molecule has 0 radical (unpaired) electrons. The molecule has 1 aromatic heterocycles. The van der Waals surface area contributed by atoms with Crippen LogP contribution in [0.4, 0.5) is 10.8 Å². The van der Waals surface area contributed by atoms with Crippen LogP contribution in [0.1, 0.15) is 5.56 Å². The quantitative estimate of drug-likeness (QED) is 0.395. The number of rotatable bonds is 6. The molecule has 1 amide bonds. The minimum atomic E-state index is -0.430. The van der Waals surface area contributed by atoms with E-state index in [-0.39, 0.29) is 11.6 Å². The minimum Gasteiger partial charge on any atom is -0.322 e. The van der Waals surface area contributed by atoms with Gasteiger partial charge >= 0.3 is 0 Å². The topological polar surface area (TPSA) is 94.0 Å². The Morgan fingerprint density at radius 1 is 1.10 bits per heavy atom. The van der Waals surface area contributed by atoms with Crippen molar-refractivity contribution < 1.29 is 19.5 Å². The number of thiazole rings is 1. The summed E-state index contributed by atoms with van der Waals surface area (Å²) in [5.74, 6) is -0.0694. The zero-order valence-electron chi connectivity index (χ0n) is 15.9. The smallest absolute Gasteiger partial charge is 0.281 e. The van der Waals surface area contributed by atoms with Crippen molar-refractivity contribution in [3.8, 4) is 0 Å². The number of carbonyl (C=O) groups excluding carboxylic acids is 1. The second kappa shape index (κ2) is 8.64. The normalized spacial score (nSPS) is 19.2. The van der Waals surface area contributed by atoms with Crippen molar-refractivity contribution in [3.63, 3.8) is 0 Å². The highest BCUT2D eigenvalue weighted by atomic mass is 32.1. The van der Waals surface area contributed by atoms with Crippen LogP contribution in [0.5, 0.6) is 0 Å². The molecule has 0 spiro atoms. The van der Waals surface area contributed by atoms with E-state index in [0.717, 1.165) is 32.7 Å². The molecule has 2 heterocycles. The van der Waals surface area contributed by atoms with E-state index in [0.29, 0.717) is 21.9 Å². The van der Waals surface area contributed by atoms with E-state index >= 15 is 0 Å². The number of quaternary nitrogens is 2. The van der Waals surface area contributed by atoms with E-state index in [1.54, 1.807) is 11.0 Å². The fourth-order valence-corrected chi connectivity index (χ4v) is 4.58. The number of carbonyl (C=O) groups is 1. The van der Waals surface area contributed by atoms with Crippen molar-refractivity contribution in [1.29, 1.82) is 0 Å². The number of hydrogen-bond acceptors (Lipinski definition) is 5. The van der Waals surface area contributed by atoms with Gasteiger partial charge in [-0.1, -0.05) is 41.7 Å². The fraction of sp³-hybridized carbons (Fsp3) is 0.300. The zero-order valence-corrected chi connectivity index (χ0v) is 16.7. The molecule has 2 aromatic carbocycles. The maximum Gasteiger partial charge on any atom is 0.281 e. The predicted molar refractivity (Wildman–Crippen MR) is 111 cm³/mol. The van der Waals surface area contributed by atoms with Gasteiger partial charge in [0.1, 0.15) is 32.7 Å². The molecule has 1 saturated heterocycles. The number of hydrogen-bond donors (Lipinski definition) is 3. The monoisotopic (exact) mass is 413 g/mol. The number of nitro benzene ring substituents is 1.